The molecule has 0 saturated heterocycles. The van der Waals surface area contributed by atoms with E-state index in [-0.39, 0.29) is 23.5 Å². The predicted octanol–water partition coefficient (Wildman–Crippen LogP) is 4.02. The molecule has 1 aliphatic carbocycles. The van der Waals surface area contributed by atoms with Gasteiger partial charge in [-0.15, -0.1) is 0 Å². The van der Waals surface area contributed by atoms with Crippen molar-refractivity contribution in [3.8, 4) is 33.9 Å². The molecular weight excluding hydrogens is 386 g/mol. The SMILES string of the molecule is COc1ccc(O)c(C(=O)c2ccc3c(-c4ccc(CC(=O)O)cc4)nocc2-3)c1. The number of phenolic OH excluding ortho intramolecular Hbond substituents is 1. The van der Waals surface area contributed by atoms with E-state index < -0.39 is 5.97 Å². The Balaban J connectivity index is 1.70. The van der Waals surface area contributed by atoms with Crippen LogP contribution in [0.3, 0.4) is 0 Å². The maximum Gasteiger partial charge on any atom is 0.307 e. The van der Waals surface area contributed by atoms with Gasteiger partial charge in [-0.05, 0) is 29.8 Å². The molecular formula is C23H17NO6. The zero-order valence-electron chi connectivity index (χ0n) is 16.0. The van der Waals surface area contributed by atoms with Crippen LogP contribution in [0.15, 0.2) is 65.4 Å². The molecule has 0 aromatic heterocycles. The predicted molar refractivity (Wildman–Crippen MR) is 108 cm³/mol. The summed E-state index contributed by atoms with van der Waals surface area (Å²) in [7, 11) is 1.48. The van der Waals surface area contributed by atoms with Gasteiger partial charge in [0, 0.05) is 22.3 Å². The molecule has 7 nitrogen and oxygen atoms in total. The summed E-state index contributed by atoms with van der Waals surface area (Å²) in [4.78, 5) is 23.9. The minimum absolute atomic E-state index is 0.0681. The number of rotatable bonds is 6. The van der Waals surface area contributed by atoms with Gasteiger partial charge in [-0.1, -0.05) is 35.5 Å². The lowest BCUT2D eigenvalue weighted by atomic mass is 9.97. The molecule has 1 aliphatic heterocycles. The van der Waals surface area contributed by atoms with Gasteiger partial charge in [-0.3, -0.25) is 9.59 Å². The van der Waals surface area contributed by atoms with E-state index in [0.29, 0.717) is 33.7 Å². The van der Waals surface area contributed by atoms with E-state index in [1.165, 1.54) is 25.5 Å². The lowest BCUT2D eigenvalue weighted by molar-refractivity contribution is -0.136. The third-order valence-electron chi connectivity index (χ3n) is 4.84. The highest BCUT2D eigenvalue weighted by atomic mass is 16.5. The van der Waals surface area contributed by atoms with E-state index in [1.807, 2.05) is 0 Å². The molecule has 2 aromatic rings. The molecule has 0 atom stereocenters. The first kappa shape index (κ1) is 19.2. The third kappa shape index (κ3) is 3.48. The minimum atomic E-state index is -0.905. The number of carbonyl (C=O) groups excluding carboxylic acids is 1. The Morgan fingerprint density at radius 1 is 1.00 bits per heavy atom. The number of aliphatic carboxylic acids is 1. The molecule has 1 heterocycles. The quantitative estimate of drug-likeness (QED) is 0.468. The van der Waals surface area contributed by atoms with Crippen molar-refractivity contribution in [1.82, 2.24) is 5.16 Å². The molecule has 0 saturated carbocycles. The number of carboxylic acids is 1. The highest BCUT2D eigenvalue weighted by molar-refractivity contribution is 6.15. The summed E-state index contributed by atoms with van der Waals surface area (Å²) in [5, 5.41) is 23.1. The topological polar surface area (TPSA) is 110 Å². The van der Waals surface area contributed by atoms with Gasteiger partial charge >= 0.3 is 5.97 Å². The summed E-state index contributed by atoms with van der Waals surface area (Å²) in [5.74, 6) is -0.959. The summed E-state index contributed by atoms with van der Waals surface area (Å²) in [6, 6.07) is 14.8. The van der Waals surface area contributed by atoms with Crippen molar-refractivity contribution >= 4 is 11.8 Å². The van der Waals surface area contributed by atoms with Crippen LogP contribution in [0.2, 0.25) is 0 Å². The van der Waals surface area contributed by atoms with Crippen LogP contribution in [-0.4, -0.2) is 34.2 Å². The maximum atomic E-state index is 13.1. The Bertz CT molecular complexity index is 1210. The van der Waals surface area contributed by atoms with E-state index in [4.69, 9.17) is 14.4 Å². The van der Waals surface area contributed by atoms with Crippen molar-refractivity contribution in [2.24, 2.45) is 0 Å². The molecule has 150 valence electrons. The number of hydrogen-bond acceptors (Lipinski definition) is 6. The molecule has 30 heavy (non-hydrogen) atoms. The number of ether oxygens (including phenoxy) is 1. The number of aromatic hydroxyl groups is 1. The second-order valence-corrected chi connectivity index (χ2v) is 6.72. The van der Waals surface area contributed by atoms with Gasteiger partial charge in [0.05, 0.1) is 19.1 Å². The summed E-state index contributed by atoms with van der Waals surface area (Å²) in [6.45, 7) is 0. The van der Waals surface area contributed by atoms with Crippen LogP contribution in [0.5, 0.6) is 11.5 Å². The van der Waals surface area contributed by atoms with E-state index in [2.05, 4.69) is 5.16 Å². The normalized spacial score (nSPS) is 10.8. The lowest BCUT2D eigenvalue weighted by Gasteiger charge is -2.09. The van der Waals surface area contributed by atoms with Crippen LogP contribution in [0.1, 0.15) is 21.5 Å². The number of fused-ring (bicyclic) bond motifs is 1. The van der Waals surface area contributed by atoms with Crippen LogP contribution in [-0.2, 0) is 11.2 Å². The minimum Gasteiger partial charge on any atom is -0.507 e. The molecule has 0 radical (unpaired) electrons. The molecule has 0 bridgehead atoms. The second-order valence-electron chi connectivity index (χ2n) is 6.72. The fourth-order valence-corrected chi connectivity index (χ4v) is 3.34. The number of carbonyl (C=O) groups is 2. The van der Waals surface area contributed by atoms with Gasteiger partial charge in [0.15, 0.2) is 5.78 Å². The van der Waals surface area contributed by atoms with Crippen LogP contribution in [0.4, 0.5) is 0 Å². The second kappa shape index (κ2) is 7.71. The fourth-order valence-electron chi connectivity index (χ4n) is 3.34. The number of carboxylic acid groups (broad SMARTS) is 1. The number of phenols is 1. The Morgan fingerprint density at radius 2 is 1.77 bits per heavy atom. The molecule has 4 rings (SSSR count). The maximum absolute atomic E-state index is 13.1. The lowest BCUT2D eigenvalue weighted by Crippen LogP contribution is -2.03. The summed E-state index contributed by atoms with van der Waals surface area (Å²) >= 11 is 0. The molecule has 0 spiro atoms. The van der Waals surface area contributed by atoms with Crippen molar-refractivity contribution in [3.05, 3.63) is 77.6 Å². The van der Waals surface area contributed by atoms with Gasteiger partial charge in [-0.2, -0.15) is 0 Å². The molecule has 7 heteroatoms. The molecule has 2 aliphatic rings. The summed E-state index contributed by atoms with van der Waals surface area (Å²) in [5.41, 5.74) is 3.68. The fraction of sp³-hybridized carbons (Fsp3) is 0.0870. The van der Waals surface area contributed by atoms with Crippen molar-refractivity contribution in [1.29, 1.82) is 0 Å². The summed E-state index contributed by atoms with van der Waals surface area (Å²) < 4.78 is 10.4. The summed E-state index contributed by atoms with van der Waals surface area (Å²) in [6.07, 6.45) is 1.32. The highest BCUT2D eigenvalue weighted by Gasteiger charge is 2.24. The Kier molecular flexibility index (Phi) is 4.93. The largest absolute Gasteiger partial charge is 0.507 e. The van der Waals surface area contributed by atoms with E-state index in [0.717, 1.165) is 5.56 Å². The monoisotopic (exact) mass is 403 g/mol. The smallest absolute Gasteiger partial charge is 0.307 e. The number of aromatic nitrogens is 1. The van der Waals surface area contributed by atoms with Gasteiger partial charge in [0.1, 0.15) is 23.5 Å². The zero-order chi connectivity index (χ0) is 21.3. The van der Waals surface area contributed by atoms with Crippen molar-refractivity contribution in [3.63, 3.8) is 0 Å². The van der Waals surface area contributed by atoms with E-state index in [9.17, 15) is 14.7 Å². The Morgan fingerprint density at radius 3 is 2.47 bits per heavy atom. The molecule has 0 unspecified atom stereocenters. The van der Waals surface area contributed by atoms with Gasteiger partial charge in [-0.25, -0.2) is 0 Å². The Hall–Kier alpha value is -4.13. The first-order chi connectivity index (χ1) is 14.5. The number of methoxy groups -OCH3 is 1. The van der Waals surface area contributed by atoms with Crippen molar-refractivity contribution in [2.75, 3.05) is 7.11 Å². The zero-order valence-corrected chi connectivity index (χ0v) is 16.0. The average Bonchev–Trinajstić information content (AvgIpc) is 3.18. The third-order valence-corrected chi connectivity index (χ3v) is 4.84. The van der Waals surface area contributed by atoms with Gasteiger partial charge < -0.3 is 19.5 Å². The van der Waals surface area contributed by atoms with E-state index >= 15 is 0 Å². The average molecular weight is 403 g/mol. The van der Waals surface area contributed by atoms with Crippen LogP contribution in [0.25, 0.3) is 22.4 Å². The number of hydrogen-bond donors (Lipinski definition) is 2. The molecule has 2 N–H and O–H groups in total. The molecule has 0 amide bonds. The number of nitrogens with zero attached hydrogens (tertiary/aromatic N) is 1. The molecule has 0 fully saturated rings. The highest BCUT2D eigenvalue weighted by Crippen LogP contribution is 2.37. The van der Waals surface area contributed by atoms with Crippen LogP contribution < -0.4 is 4.74 Å². The first-order valence-corrected chi connectivity index (χ1v) is 9.08. The molecule has 2 aromatic carbocycles. The van der Waals surface area contributed by atoms with Gasteiger partial charge in [0.25, 0.3) is 0 Å². The van der Waals surface area contributed by atoms with Crippen LogP contribution in [0, 0.1) is 0 Å². The van der Waals surface area contributed by atoms with E-state index in [1.54, 1.807) is 42.5 Å². The number of ketones is 1. The van der Waals surface area contributed by atoms with Crippen molar-refractivity contribution in [2.45, 2.75) is 6.42 Å². The van der Waals surface area contributed by atoms with Crippen LogP contribution >= 0.6 is 0 Å². The Labute approximate surface area is 171 Å². The number of benzene rings is 2. The standard InChI is InChI=1S/C23H17NO6/c1-29-15-6-9-20(25)18(11-15)23(28)17-8-7-16-19(17)12-30-24-22(16)14-4-2-13(3-5-14)10-21(26)27/h2-9,11-12,25H,10H2,1H3,(H,26,27). The van der Waals surface area contributed by atoms with Crippen molar-refractivity contribution < 1.29 is 29.1 Å². The van der Waals surface area contributed by atoms with Gasteiger partial charge in [0.2, 0.25) is 0 Å². The first-order valence-electron chi connectivity index (χ1n) is 9.08.